The van der Waals surface area contributed by atoms with E-state index in [1.165, 1.54) is 0 Å². The molecule has 0 saturated carbocycles. The van der Waals surface area contributed by atoms with E-state index in [1.54, 1.807) is 32.4 Å². The van der Waals surface area contributed by atoms with E-state index >= 15 is 0 Å². The molecule has 1 aliphatic heterocycles. The van der Waals surface area contributed by atoms with Crippen LogP contribution in [-0.4, -0.2) is 72.6 Å². The lowest BCUT2D eigenvalue weighted by atomic mass is 10.2. The van der Waals surface area contributed by atoms with Crippen molar-refractivity contribution in [3.63, 3.8) is 0 Å². The van der Waals surface area contributed by atoms with Gasteiger partial charge in [0, 0.05) is 43.6 Å². The molecule has 0 radical (unpaired) electrons. The van der Waals surface area contributed by atoms with Gasteiger partial charge < -0.3 is 24.6 Å². The first-order valence-electron chi connectivity index (χ1n) is 9.40. The highest BCUT2D eigenvalue weighted by atomic mass is 16.5. The summed E-state index contributed by atoms with van der Waals surface area (Å²) in [5, 5.41) is 3.15. The van der Waals surface area contributed by atoms with Crippen molar-refractivity contribution >= 4 is 17.5 Å². The minimum atomic E-state index is -0.0587. The number of carbonyl (C=O) groups is 1. The molecule has 150 valence electrons. The highest BCUT2D eigenvalue weighted by Gasteiger charge is 2.23. The average Bonchev–Trinajstić information content (AvgIpc) is 2.72. The molecule has 0 spiro atoms. The third-order valence-corrected chi connectivity index (χ3v) is 4.82. The molecule has 1 aromatic carbocycles. The number of likely N-dealkylation sites (N-methyl/N-ethyl adjacent to an activating group) is 1. The number of amides is 1. The SMILES string of the molecule is CCN1CCN(C(=O)c2cc(C)nc(Nc3ccc(OC)c(OC)c3)n2)CC1. The molecule has 2 heterocycles. The standard InChI is InChI=1S/C20H27N5O3/c1-5-24-8-10-25(11-9-24)19(26)16-12-14(2)21-20(23-16)22-15-6-7-17(27-3)18(13-15)28-4/h6-7,12-13H,5,8-11H2,1-4H3,(H,21,22,23). The summed E-state index contributed by atoms with van der Waals surface area (Å²) in [5.41, 5.74) is 1.88. The molecule has 8 nitrogen and oxygen atoms in total. The smallest absolute Gasteiger partial charge is 0.272 e. The number of nitrogens with one attached hydrogen (secondary N) is 1. The van der Waals surface area contributed by atoms with Gasteiger partial charge in [0.15, 0.2) is 11.5 Å². The highest BCUT2D eigenvalue weighted by molar-refractivity contribution is 5.92. The number of anilines is 2. The van der Waals surface area contributed by atoms with Crippen LogP contribution in [-0.2, 0) is 0 Å². The molecule has 1 saturated heterocycles. The molecule has 28 heavy (non-hydrogen) atoms. The summed E-state index contributed by atoms with van der Waals surface area (Å²) >= 11 is 0. The average molecular weight is 385 g/mol. The lowest BCUT2D eigenvalue weighted by Crippen LogP contribution is -2.48. The van der Waals surface area contributed by atoms with Crippen molar-refractivity contribution in [3.8, 4) is 11.5 Å². The Kier molecular flexibility index (Phi) is 6.30. The maximum Gasteiger partial charge on any atom is 0.272 e. The maximum atomic E-state index is 12.9. The van der Waals surface area contributed by atoms with Crippen LogP contribution in [0.3, 0.4) is 0 Å². The van der Waals surface area contributed by atoms with Crippen molar-refractivity contribution in [1.82, 2.24) is 19.8 Å². The molecule has 8 heteroatoms. The Morgan fingerprint density at radius 2 is 1.79 bits per heavy atom. The fraction of sp³-hybridized carbons (Fsp3) is 0.450. The first-order chi connectivity index (χ1) is 13.5. The van der Waals surface area contributed by atoms with E-state index in [0.29, 0.717) is 36.2 Å². The summed E-state index contributed by atoms with van der Waals surface area (Å²) in [4.78, 5) is 25.9. The second kappa shape index (κ2) is 8.88. The second-order valence-electron chi connectivity index (χ2n) is 6.64. The van der Waals surface area contributed by atoms with Crippen LogP contribution < -0.4 is 14.8 Å². The summed E-state index contributed by atoms with van der Waals surface area (Å²) in [6.45, 7) is 8.22. The van der Waals surface area contributed by atoms with E-state index in [2.05, 4.69) is 27.1 Å². The second-order valence-corrected chi connectivity index (χ2v) is 6.64. The van der Waals surface area contributed by atoms with Crippen LogP contribution in [0, 0.1) is 6.92 Å². The van der Waals surface area contributed by atoms with Gasteiger partial charge in [0.05, 0.1) is 14.2 Å². The fourth-order valence-electron chi connectivity index (χ4n) is 3.21. The number of hydrogen-bond acceptors (Lipinski definition) is 7. The van der Waals surface area contributed by atoms with Gasteiger partial charge in [-0.2, -0.15) is 0 Å². The van der Waals surface area contributed by atoms with Crippen molar-refractivity contribution in [2.45, 2.75) is 13.8 Å². The van der Waals surface area contributed by atoms with Crippen molar-refractivity contribution in [2.24, 2.45) is 0 Å². The first-order valence-corrected chi connectivity index (χ1v) is 9.40. The van der Waals surface area contributed by atoms with Gasteiger partial charge in [-0.15, -0.1) is 0 Å². The number of piperazine rings is 1. The molecule has 0 unspecified atom stereocenters. The summed E-state index contributed by atoms with van der Waals surface area (Å²) in [5.74, 6) is 1.56. The molecular weight excluding hydrogens is 358 g/mol. The van der Waals surface area contributed by atoms with Crippen LogP contribution in [0.2, 0.25) is 0 Å². The molecule has 2 aromatic rings. The molecule has 1 amide bonds. The van der Waals surface area contributed by atoms with Crippen molar-refractivity contribution in [2.75, 3.05) is 52.3 Å². The van der Waals surface area contributed by atoms with Gasteiger partial charge in [0.25, 0.3) is 5.91 Å². The quantitative estimate of drug-likeness (QED) is 0.817. The van der Waals surface area contributed by atoms with Gasteiger partial charge >= 0.3 is 0 Å². The van der Waals surface area contributed by atoms with E-state index in [4.69, 9.17) is 9.47 Å². The Morgan fingerprint density at radius 1 is 1.07 bits per heavy atom. The Morgan fingerprint density at radius 3 is 2.43 bits per heavy atom. The third-order valence-electron chi connectivity index (χ3n) is 4.82. The number of rotatable bonds is 6. The highest BCUT2D eigenvalue weighted by Crippen LogP contribution is 2.30. The predicted molar refractivity (Wildman–Crippen MR) is 108 cm³/mol. The summed E-state index contributed by atoms with van der Waals surface area (Å²) in [7, 11) is 3.17. The van der Waals surface area contributed by atoms with Gasteiger partial charge in [-0.3, -0.25) is 4.79 Å². The molecule has 0 aliphatic carbocycles. The number of ether oxygens (including phenoxy) is 2. The molecule has 1 aliphatic rings. The minimum absolute atomic E-state index is 0.0587. The van der Waals surface area contributed by atoms with E-state index < -0.39 is 0 Å². The van der Waals surface area contributed by atoms with Crippen LogP contribution in [0.5, 0.6) is 11.5 Å². The van der Waals surface area contributed by atoms with E-state index in [-0.39, 0.29) is 5.91 Å². The number of benzene rings is 1. The monoisotopic (exact) mass is 385 g/mol. The maximum absolute atomic E-state index is 12.9. The van der Waals surface area contributed by atoms with Crippen LogP contribution in [0.1, 0.15) is 23.1 Å². The molecule has 3 rings (SSSR count). The minimum Gasteiger partial charge on any atom is -0.493 e. The summed E-state index contributed by atoms with van der Waals surface area (Å²) < 4.78 is 10.6. The third kappa shape index (κ3) is 4.51. The number of aryl methyl sites for hydroxylation is 1. The lowest BCUT2D eigenvalue weighted by Gasteiger charge is -2.33. The van der Waals surface area contributed by atoms with Crippen molar-refractivity contribution in [3.05, 3.63) is 35.7 Å². The van der Waals surface area contributed by atoms with E-state index in [0.717, 1.165) is 31.0 Å². The summed E-state index contributed by atoms with van der Waals surface area (Å²) in [6.07, 6.45) is 0. The van der Waals surface area contributed by atoms with Gasteiger partial charge in [0.1, 0.15) is 5.69 Å². The Hall–Kier alpha value is -2.87. The number of carbonyl (C=O) groups excluding carboxylic acids is 1. The van der Waals surface area contributed by atoms with Gasteiger partial charge in [0.2, 0.25) is 5.95 Å². The Bertz CT molecular complexity index is 835. The zero-order valence-corrected chi connectivity index (χ0v) is 16.9. The fourth-order valence-corrected chi connectivity index (χ4v) is 3.21. The largest absolute Gasteiger partial charge is 0.493 e. The van der Waals surface area contributed by atoms with Crippen LogP contribution in [0.15, 0.2) is 24.3 Å². The molecule has 1 aromatic heterocycles. The topological polar surface area (TPSA) is 79.8 Å². The van der Waals surface area contributed by atoms with Crippen LogP contribution in [0.25, 0.3) is 0 Å². The molecule has 1 N–H and O–H groups in total. The van der Waals surface area contributed by atoms with Crippen LogP contribution in [0.4, 0.5) is 11.6 Å². The zero-order chi connectivity index (χ0) is 20.1. The predicted octanol–water partition coefficient (Wildman–Crippen LogP) is 2.32. The Labute approximate surface area is 165 Å². The van der Waals surface area contributed by atoms with Gasteiger partial charge in [-0.05, 0) is 31.7 Å². The number of aromatic nitrogens is 2. The van der Waals surface area contributed by atoms with Crippen LogP contribution >= 0.6 is 0 Å². The van der Waals surface area contributed by atoms with Crippen molar-refractivity contribution < 1.29 is 14.3 Å². The zero-order valence-electron chi connectivity index (χ0n) is 16.9. The molecule has 0 bridgehead atoms. The number of hydrogen-bond donors (Lipinski definition) is 1. The first kappa shape index (κ1) is 19.9. The van der Waals surface area contributed by atoms with E-state index in [9.17, 15) is 4.79 Å². The molecular formula is C20H27N5O3. The Balaban J connectivity index is 1.77. The number of methoxy groups -OCH3 is 2. The number of nitrogens with zero attached hydrogens (tertiary/aromatic N) is 4. The molecule has 0 atom stereocenters. The lowest BCUT2D eigenvalue weighted by molar-refractivity contribution is 0.0637. The van der Waals surface area contributed by atoms with Crippen molar-refractivity contribution in [1.29, 1.82) is 0 Å². The van der Waals surface area contributed by atoms with Gasteiger partial charge in [-0.1, -0.05) is 6.92 Å². The summed E-state index contributed by atoms with van der Waals surface area (Å²) in [6, 6.07) is 7.18. The van der Waals surface area contributed by atoms with E-state index in [1.807, 2.05) is 17.9 Å². The van der Waals surface area contributed by atoms with Gasteiger partial charge in [-0.25, -0.2) is 9.97 Å². The molecule has 1 fully saturated rings. The normalized spacial score (nSPS) is 14.6.